The van der Waals surface area contributed by atoms with Gasteiger partial charge in [0.2, 0.25) is 0 Å². The lowest BCUT2D eigenvalue weighted by atomic mass is 10.1. The second kappa shape index (κ2) is 2.52. The van der Waals surface area contributed by atoms with Gasteiger partial charge in [-0.3, -0.25) is 9.80 Å². The van der Waals surface area contributed by atoms with E-state index in [1.165, 1.54) is 0 Å². The molecule has 2 heterocycles. The Kier molecular flexibility index (Phi) is 1.50. The Hall–Kier alpha value is -1.51. The zero-order chi connectivity index (χ0) is 8.55. The first-order valence-electron chi connectivity index (χ1n) is 3.89. The van der Waals surface area contributed by atoms with Gasteiger partial charge >= 0.3 is 0 Å². The molecule has 0 aromatic rings. The average Bonchev–Trinajstić information content (AvgIpc) is 2.49. The minimum Gasteiger partial charge on any atom is -0.306 e. The number of rotatable bonds is 1. The van der Waals surface area contributed by atoms with Gasteiger partial charge in [0.25, 0.3) is 0 Å². The van der Waals surface area contributed by atoms with E-state index in [0.717, 1.165) is 5.57 Å². The molecule has 0 spiro atoms. The highest BCUT2D eigenvalue weighted by atomic mass is 16.1. The van der Waals surface area contributed by atoms with Crippen LogP contribution in [0.5, 0.6) is 0 Å². The number of hydrazine groups is 1. The van der Waals surface area contributed by atoms with Crippen LogP contribution < -0.4 is 5.43 Å². The third kappa shape index (κ3) is 1.03. The molecule has 0 saturated heterocycles. The zero-order valence-electron chi connectivity index (χ0n) is 6.82. The van der Waals surface area contributed by atoms with Gasteiger partial charge in [0.05, 0.1) is 6.04 Å². The smallest absolute Gasteiger partial charge is 0.161 e. The molecule has 3 nitrogen and oxygen atoms in total. The van der Waals surface area contributed by atoms with E-state index in [2.05, 4.69) is 5.43 Å². The number of hydrogen-bond donors (Lipinski definition) is 1. The maximum atomic E-state index is 11.0. The molecule has 0 radical (unpaired) electrons. The van der Waals surface area contributed by atoms with Crippen molar-refractivity contribution in [1.82, 2.24) is 10.4 Å². The molecule has 0 bridgehead atoms. The maximum Gasteiger partial charge on any atom is 0.161 e. The Labute approximate surface area is 71.0 Å². The molecule has 0 amide bonds. The van der Waals surface area contributed by atoms with E-state index in [0.29, 0.717) is 0 Å². The van der Waals surface area contributed by atoms with E-state index < -0.39 is 0 Å². The van der Waals surface area contributed by atoms with Crippen LogP contribution in [0.25, 0.3) is 0 Å². The van der Waals surface area contributed by atoms with Gasteiger partial charge in [0.15, 0.2) is 5.78 Å². The summed E-state index contributed by atoms with van der Waals surface area (Å²) >= 11 is 0. The second-order valence-corrected chi connectivity index (χ2v) is 2.89. The number of ketones is 1. The molecule has 2 rings (SSSR count). The van der Waals surface area contributed by atoms with E-state index in [4.69, 9.17) is 0 Å². The van der Waals surface area contributed by atoms with E-state index in [1.807, 2.05) is 35.6 Å². The number of carbonyl (C=O) groups is 1. The molecule has 0 saturated carbocycles. The van der Waals surface area contributed by atoms with Crippen molar-refractivity contribution in [2.75, 3.05) is 0 Å². The summed E-state index contributed by atoms with van der Waals surface area (Å²) in [6.07, 6.45) is 9.58. The first-order chi connectivity index (χ1) is 5.77. The summed E-state index contributed by atoms with van der Waals surface area (Å²) < 4.78 is 0. The quantitative estimate of drug-likeness (QED) is 0.617. The highest BCUT2D eigenvalue weighted by Crippen LogP contribution is 2.16. The average molecular weight is 162 g/mol. The minimum atomic E-state index is 0.0957. The molecule has 0 fully saturated rings. The zero-order valence-corrected chi connectivity index (χ0v) is 6.82. The van der Waals surface area contributed by atoms with E-state index in [1.54, 1.807) is 6.92 Å². The van der Waals surface area contributed by atoms with Gasteiger partial charge in [-0.15, -0.1) is 0 Å². The van der Waals surface area contributed by atoms with Crippen molar-refractivity contribution in [3.8, 4) is 0 Å². The van der Waals surface area contributed by atoms with Crippen molar-refractivity contribution in [2.45, 2.75) is 13.0 Å². The predicted octanol–water partition coefficient (Wildman–Crippen LogP) is 0.732. The summed E-state index contributed by atoms with van der Waals surface area (Å²) in [5, 5.41) is 1.90. The van der Waals surface area contributed by atoms with Crippen molar-refractivity contribution in [1.29, 1.82) is 0 Å². The van der Waals surface area contributed by atoms with E-state index in [9.17, 15) is 4.79 Å². The summed E-state index contributed by atoms with van der Waals surface area (Å²) in [6, 6.07) is 0.271. The number of fused-ring (bicyclic) bond motifs is 1. The molecule has 1 atom stereocenters. The third-order valence-electron chi connectivity index (χ3n) is 2.00. The lowest BCUT2D eigenvalue weighted by Crippen LogP contribution is -2.33. The molecule has 2 aliphatic heterocycles. The Balaban J connectivity index is 2.23. The van der Waals surface area contributed by atoms with E-state index >= 15 is 0 Å². The number of carbonyl (C=O) groups excluding carboxylic acids is 1. The standard InChI is InChI=1S/C9H10N2O/c1-7(12)8-2-3-9-4-5-10-11(9)6-8/h2-6,9-10H,1H3. The first-order valence-corrected chi connectivity index (χ1v) is 3.89. The molecule has 3 heteroatoms. The van der Waals surface area contributed by atoms with Crippen molar-refractivity contribution in [2.24, 2.45) is 0 Å². The minimum absolute atomic E-state index is 0.0957. The van der Waals surface area contributed by atoms with Gasteiger partial charge in [-0.25, -0.2) is 0 Å². The van der Waals surface area contributed by atoms with Crippen LogP contribution in [0.3, 0.4) is 0 Å². The largest absolute Gasteiger partial charge is 0.306 e. The molecule has 12 heavy (non-hydrogen) atoms. The van der Waals surface area contributed by atoms with Crippen LogP contribution in [0.15, 0.2) is 36.2 Å². The van der Waals surface area contributed by atoms with Crippen LogP contribution in [-0.2, 0) is 4.79 Å². The molecular weight excluding hydrogens is 152 g/mol. The highest BCUT2D eigenvalue weighted by Gasteiger charge is 2.18. The fourth-order valence-electron chi connectivity index (χ4n) is 1.29. The van der Waals surface area contributed by atoms with Crippen LogP contribution in [0.1, 0.15) is 6.92 Å². The second-order valence-electron chi connectivity index (χ2n) is 2.89. The SMILES string of the molecule is CC(=O)C1=CN2NC=CC2C=C1. The van der Waals surface area contributed by atoms with Crippen LogP contribution in [0.4, 0.5) is 0 Å². The van der Waals surface area contributed by atoms with Crippen LogP contribution >= 0.6 is 0 Å². The molecule has 1 N–H and O–H groups in total. The molecule has 0 aliphatic carbocycles. The molecule has 62 valence electrons. The monoisotopic (exact) mass is 162 g/mol. The summed E-state index contributed by atoms with van der Waals surface area (Å²) in [6.45, 7) is 1.57. The van der Waals surface area contributed by atoms with Gasteiger partial charge in [-0.2, -0.15) is 0 Å². The van der Waals surface area contributed by atoms with Crippen LogP contribution in [0.2, 0.25) is 0 Å². The fourth-order valence-corrected chi connectivity index (χ4v) is 1.29. The summed E-state index contributed by atoms with van der Waals surface area (Å²) in [5.41, 5.74) is 3.75. The Morgan fingerprint density at radius 3 is 3.17 bits per heavy atom. The van der Waals surface area contributed by atoms with Crippen molar-refractivity contribution >= 4 is 5.78 Å². The fraction of sp³-hybridized carbons (Fsp3) is 0.222. The third-order valence-corrected chi connectivity index (χ3v) is 2.00. The summed E-state index contributed by atoms with van der Waals surface area (Å²) in [4.78, 5) is 11.0. The Morgan fingerprint density at radius 1 is 1.58 bits per heavy atom. The van der Waals surface area contributed by atoms with Crippen LogP contribution in [-0.4, -0.2) is 16.8 Å². The summed E-state index contributed by atoms with van der Waals surface area (Å²) in [7, 11) is 0. The molecular formula is C9H10N2O. The number of Topliss-reactive ketones (excluding diaryl/α,β-unsaturated/α-hetero) is 1. The molecule has 1 unspecified atom stereocenters. The lowest BCUT2D eigenvalue weighted by molar-refractivity contribution is -0.113. The number of hydrogen-bond acceptors (Lipinski definition) is 3. The number of nitrogens with zero attached hydrogens (tertiary/aromatic N) is 1. The highest BCUT2D eigenvalue weighted by molar-refractivity contribution is 5.96. The van der Waals surface area contributed by atoms with Gasteiger partial charge in [0.1, 0.15) is 0 Å². The van der Waals surface area contributed by atoms with Crippen molar-refractivity contribution in [3.63, 3.8) is 0 Å². The molecule has 0 aromatic heterocycles. The van der Waals surface area contributed by atoms with Gasteiger partial charge in [-0.1, -0.05) is 12.2 Å². The molecule has 0 aromatic carbocycles. The summed E-state index contributed by atoms with van der Waals surface area (Å²) in [5.74, 6) is 0.0957. The van der Waals surface area contributed by atoms with Crippen molar-refractivity contribution in [3.05, 3.63) is 36.2 Å². The van der Waals surface area contributed by atoms with E-state index in [-0.39, 0.29) is 11.8 Å². The molecule has 2 aliphatic rings. The van der Waals surface area contributed by atoms with Crippen molar-refractivity contribution < 1.29 is 4.79 Å². The predicted molar refractivity (Wildman–Crippen MR) is 45.8 cm³/mol. The first kappa shape index (κ1) is 7.16. The van der Waals surface area contributed by atoms with Gasteiger partial charge in [-0.05, 0) is 13.0 Å². The number of nitrogens with one attached hydrogen (secondary N) is 1. The van der Waals surface area contributed by atoms with Gasteiger partial charge in [0, 0.05) is 18.0 Å². The van der Waals surface area contributed by atoms with Crippen LogP contribution in [0, 0.1) is 0 Å². The Bertz CT molecular complexity index is 302. The maximum absolute atomic E-state index is 11.0. The topological polar surface area (TPSA) is 32.3 Å². The van der Waals surface area contributed by atoms with Gasteiger partial charge < -0.3 is 5.43 Å². The number of allylic oxidation sites excluding steroid dienone is 2. The Morgan fingerprint density at radius 2 is 2.42 bits per heavy atom. The lowest BCUT2D eigenvalue weighted by Gasteiger charge is -2.23. The normalized spacial score (nSPS) is 24.9.